The zero-order valence-electron chi connectivity index (χ0n) is 14.2. The summed E-state index contributed by atoms with van der Waals surface area (Å²) in [7, 11) is -3.62. The topological polar surface area (TPSA) is 75.7 Å². The number of carbonyl (C=O) groups is 1. The molecule has 1 N–H and O–H groups in total. The maximum Gasteiger partial charge on any atom is 0.256 e. The van der Waals surface area contributed by atoms with E-state index in [9.17, 15) is 13.2 Å². The van der Waals surface area contributed by atoms with Gasteiger partial charge in [0.2, 0.25) is 10.0 Å². The van der Waals surface area contributed by atoms with Crippen LogP contribution in [0, 0.1) is 10.5 Å². The van der Waals surface area contributed by atoms with E-state index in [1.165, 1.54) is 10.4 Å². The average molecular weight is 486 g/mol. The van der Waals surface area contributed by atoms with Gasteiger partial charge >= 0.3 is 0 Å². The Hall–Kier alpha value is -1.49. The molecular weight excluding hydrogens is 467 g/mol. The summed E-state index contributed by atoms with van der Waals surface area (Å²) in [5.74, 6) is -0.270. The zero-order chi connectivity index (χ0) is 18.7. The van der Waals surface area contributed by atoms with Crippen molar-refractivity contribution in [2.75, 3.05) is 31.6 Å². The summed E-state index contributed by atoms with van der Waals surface area (Å²) in [6.45, 7) is 3.20. The number of rotatable bonds is 4. The molecular formula is C18H19IN2O4S. The first-order valence-corrected chi connectivity index (χ1v) is 10.7. The van der Waals surface area contributed by atoms with Crippen molar-refractivity contribution in [2.24, 2.45) is 0 Å². The molecule has 2 aromatic carbocycles. The van der Waals surface area contributed by atoms with Gasteiger partial charge in [-0.2, -0.15) is 4.31 Å². The normalized spacial score (nSPS) is 15.6. The predicted octanol–water partition coefficient (Wildman–Crippen LogP) is 2.87. The lowest BCUT2D eigenvalue weighted by Crippen LogP contribution is -2.40. The SMILES string of the molecule is Cc1ccc(NC(=O)c2ccccc2I)cc1S(=O)(=O)N1CCOCC1. The average Bonchev–Trinajstić information content (AvgIpc) is 2.64. The van der Waals surface area contributed by atoms with Crippen molar-refractivity contribution in [3.63, 3.8) is 0 Å². The van der Waals surface area contributed by atoms with E-state index in [0.29, 0.717) is 43.1 Å². The van der Waals surface area contributed by atoms with Crippen LogP contribution in [-0.2, 0) is 14.8 Å². The quantitative estimate of drug-likeness (QED) is 0.675. The molecule has 26 heavy (non-hydrogen) atoms. The van der Waals surface area contributed by atoms with Gasteiger partial charge in [-0.1, -0.05) is 18.2 Å². The molecule has 3 rings (SSSR count). The van der Waals surface area contributed by atoms with Crippen LogP contribution in [0.3, 0.4) is 0 Å². The van der Waals surface area contributed by atoms with E-state index in [2.05, 4.69) is 27.9 Å². The molecule has 1 amide bonds. The van der Waals surface area contributed by atoms with Crippen LogP contribution >= 0.6 is 22.6 Å². The summed E-state index contributed by atoms with van der Waals surface area (Å²) in [5, 5.41) is 2.79. The second-order valence-corrected chi connectivity index (χ2v) is 9.00. The molecule has 0 spiro atoms. The summed E-state index contributed by atoms with van der Waals surface area (Å²) in [6.07, 6.45) is 0. The van der Waals surface area contributed by atoms with Crippen molar-refractivity contribution in [3.8, 4) is 0 Å². The highest BCUT2D eigenvalue weighted by molar-refractivity contribution is 14.1. The van der Waals surface area contributed by atoms with Gasteiger partial charge in [-0.3, -0.25) is 4.79 Å². The Morgan fingerprint density at radius 1 is 1.15 bits per heavy atom. The highest BCUT2D eigenvalue weighted by Gasteiger charge is 2.28. The van der Waals surface area contributed by atoms with Gasteiger partial charge in [0.15, 0.2) is 0 Å². The van der Waals surface area contributed by atoms with Crippen molar-refractivity contribution in [1.29, 1.82) is 0 Å². The van der Waals surface area contributed by atoms with E-state index in [0.717, 1.165) is 3.57 Å². The number of nitrogens with one attached hydrogen (secondary N) is 1. The van der Waals surface area contributed by atoms with Crippen LogP contribution < -0.4 is 5.32 Å². The van der Waals surface area contributed by atoms with Gasteiger partial charge in [-0.25, -0.2) is 8.42 Å². The van der Waals surface area contributed by atoms with Crippen LogP contribution in [0.2, 0.25) is 0 Å². The van der Waals surface area contributed by atoms with E-state index in [1.54, 1.807) is 31.2 Å². The number of halogens is 1. The molecule has 0 bridgehead atoms. The second-order valence-electron chi connectivity index (χ2n) is 5.93. The number of aryl methyl sites for hydroxylation is 1. The fourth-order valence-corrected chi connectivity index (χ4v) is 5.02. The van der Waals surface area contributed by atoms with Gasteiger partial charge in [0.1, 0.15) is 0 Å². The molecule has 8 heteroatoms. The summed E-state index contributed by atoms with van der Waals surface area (Å²) >= 11 is 2.10. The highest BCUT2D eigenvalue weighted by Crippen LogP contribution is 2.25. The first-order valence-electron chi connectivity index (χ1n) is 8.14. The molecule has 1 saturated heterocycles. The molecule has 138 valence electrons. The maximum absolute atomic E-state index is 12.9. The number of morpholine rings is 1. The number of carbonyl (C=O) groups excluding carboxylic acids is 1. The van der Waals surface area contributed by atoms with Crippen molar-refractivity contribution in [3.05, 3.63) is 57.2 Å². The van der Waals surface area contributed by atoms with E-state index in [1.807, 2.05) is 12.1 Å². The number of nitrogens with zero attached hydrogens (tertiary/aromatic N) is 1. The summed E-state index contributed by atoms with van der Waals surface area (Å²) in [5.41, 5.74) is 1.64. The number of hydrogen-bond acceptors (Lipinski definition) is 4. The van der Waals surface area contributed by atoms with Crippen molar-refractivity contribution in [1.82, 2.24) is 4.31 Å². The summed E-state index contributed by atoms with van der Waals surface area (Å²) in [6, 6.07) is 12.2. The Balaban J connectivity index is 1.88. The van der Waals surface area contributed by atoms with Gasteiger partial charge < -0.3 is 10.1 Å². The third-order valence-electron chi connectivity index (χ3n) is 4.15. The number of benzene rings is 2. The van der Waals surface area contributed by atoms with Gasteiger partial charge in [0.05, 0.1) is 23.7 Å². The number of sulfonamides is 1. The van der Waals surface area contributed by atoms with Crippen molar-refractivity contribution >= 4 is 44.2 Å². The zero-order valence-corrected chi connectivity index (χ0v) is 17.2. The molecule has 1 heterocycles. The third-order valence-corrected chi connectivity index (χ3v) is 7.13. The Labute approximate surface area is 166 Å². The number of amides is 1. The number of ether oxygens (including phenoxy) is 1. The Morgan fingerprint density at radius 3 is 2.54 bits per heavy atom. The lowest BCUT2D eigenvalue weighted by molar-refractivity contribution is 0.0730. The summed E-state index contributed by atoms with van der Waals surface area (Å²) in [4.78, 5) is 12.7. The molecule has 1 fully saturated rings. The standard InChI is InChI=1S/C18H19IN2O4S/c1-13-6-7-14(20-18(22)15-4-2-3-5-16(15)19)12-17(13)26(23,24)21-8-10-25-11-9-21/h2-7,12H,8-11H2,1H3,(H,20,22). The van der Waals surface area contributed by atoms with Crippen LogP contribution in [0.4, 0.5) is 5.69 Å². The molecule has 6 nitrogen and oxygen atoms in total. The second kappa shape index (κ2) is 8.03. The molecule has 0 atom stereocenters. The van der Waals surface area contributed by atoms with Gasteiger partial charge in [-0.05, 0) is 59.3 Å². The van der Waals surface area contributed by atoms with Gasteiger partial charge in [0.25, 0.3) is 5.91 Å². The Kier molecular flexibility index (Phi) is 5.96. The van der Waals surface area contributed by atoms with Crippen LogP contribution in [0.5, 0.6) is 0 Å². The Morgan fingerprint density at radius 2 is 1.85 bits per heavy atom. The first kappa shape index (κ1) is 19.3. The molecule has 0 aromatic heterocycles. The molecule has 0 saturated carbocycles. The third kappa shape index (κ3) is 4.08. The Bertz CT molecular complexity index is 925. The molecule has 1 aliphatic rings. The lowest BCUT2D eigenvalue weighted by atomic mass is 10.2. The van der Waals surface area contributed by atoms with E-state index < -0.39 is 10.0 Å². The largest absolute Gasteiger partial charge is 0.379 e. The molecule has 1 aliphatic heterocycles. The monoisotopic (exact) mass is 486 g/mol. The van der Waals surface area contributed by atoms with Crippen LogP contribution in [0.25, 0.3) is 0 Å². The fourth-order valence-electron chi connectivity index (χ4n) is 2.73. The smallest absolute Gasteiger partial charge is 0.256 e. The van der Waals surface area contributed by atoms with Crippen molar-refractivity contribution < 1.29 is 17.9 Å². The van der Waals surface area contributed by atoms with E-state index >= 15 is 0 Å². The molecule has 0 unspecified atom stereocenters. The van der Waals surface area contributed by atoms with Crippen LogP contribution in [0.15, 0.2) is 47.4 Å². The van der Waals surface area contributed by atoms with Gasteiger partial charge in [-0.15, -0.1) is 0 Å². The molecule has 0 aliphatic carbocycles. The lowest BCUT2D eigenvalue weighted by Gasteiger charge is -2.26. The van der Waals surface area contributed by atoms with Crippen LogP contribution in [-0.4, -0.2) is 44.9 Å². The fraction of sp³-hybridized carbons (Fsp3) is 0.278. The molecule has 0 radical (unpaired) electrons. The number of anilines is 1. The summed E-state index contributed by atoms with van der Waals surface area (Å²) < 4.78 is 33.3. The van der Waals surface area contributed by atoms with Gasteiger partial charge in [0, 0.05) is 22.3 Å². The first-order chi connectivity index (χ1) is 12.4. The van der Waals surface area contributed by atoms with Crippen molar-refractivity contribution in [2.45, 2.75) is 11.8 Å². The minimum atomic E-state index is -3.62. The number of hydrogen-bond donors (Lipinski definition) is 1. The maximum atomic E-state index is 12.9. The van der Waals surface area contributed by atoms with E-state index in [-0.39, 0.29) is 10.8 Å². The molecule has 2 aromatic rings. The minimum absolute atomic E-state index is 0.208. The predicted molar refractivity (Wildman–Crippen MR) is 108 cm³/mol. The minimum Gasteiger partial charge on any atom is -0.379 e. The van der Waals surface area contributed by atoms with E-state index in [4.69, 9.17) is 4.74 Å². The van der Waals surface area contributed by atoms with Crippen LogP contribution in [0.1, 0.15) is 15.9 Å². The highest BCUT2D eigenvalue weighted by atomic mass is 127.